The Labute approximate surface area is 136 Å². The Morgan fingerprint density at radius 1 is 1.17 bits per heavy atom. The number of ether oxygens (including phenoxy) is 2. The maximum atomic E-state index is 5.62. The fourth-order valence-electron chi connectivity index (χ4n) is 3.31. The fourth-order valence-corrected chi connectivity index (χ4v) is 3.31. The van der Waals surface area contributed by atoms with Crippen molar-refractivity contribution in [1.29, 1.82) is 0 Å². The number of fused-ring (bicyclic) bond motifs is 2. The highest BCUT2D eigenvalue weighted by Crippen LogP contribution is 2.25. The van der Waals surface area contributed by atoms with Crippen LogP contribution in [-0.2, 0) is 25.8 Å². The van der Waals surface area contributed by atoms with Gasteiger partial charge in [-0.15, -0.1) is 0 Å². The van der Waals surface area contributed by atoms with Crippen LogP contribution >= 0.6 is 0 Å². The molecule has 2 aliphatic heterocycles. The topological polar surface area (TPSA) is 47.5 Å². The van der Waals surface area contributed by atoms with Crippen molar-refractivity contribution >= 4 is 0 Å². The number of hydrogen-bond acceptors (Lipinski definition) is 5. The van der Waals surface area contributed by atoms with E-state index >= 15 is 0 Å². The SMILES string of the molecule is COc1ccc2c(n1)CCN(Cc1cnc3c(c1)OCC3)CC2. The lowest BCUT2D eigenvalue weighted by Crippen LogP contribution is -2.26. The molecule has 0 spiro atoms. The van der Waals surface area contributed by atoms with Gasteiger partial charge in [0.25, 0.3) is 0 Å². The molecule has 5 heteroatoms. The first kappa shape index (κ1) is 14.5. The van der Waals surface area contributed by atoms with Gasteiger partial charge in [-0.2, -0.15) is 0 Å². The van der Waals surface area contributed by atoms with Gasteiger partial charge in [-0.3, -0.25) is 9.88 Å². The van der Waals surface area contributed by atoms with Gasteiger partial charge in [-0.25, -0.2) is 4.98 Å². The van der Waals surface area contributed by atoms with Gasteiger partial charge in [0.2, 0.25) is 5.88 Å². The Bertz CT molecular complexity index is 717. The summed E-state index contributed by atoms with van der Waals surface area (Å²) in [7, 11) is 1.67. The second-order valence-electron chi connectivity index (χ2n) is 6.12. The van der Waals surface area contributed by atoms with Crippen LogP contribution in [-0.4, -0.2) is 41.7 Å². The zero-order valence-electron chi connectivity index (χ0n) is 13.4. The third-order valence-corrected chi connectivity index (χ3v) is 4.60. The number of hydrogen-bond donors (Lipinski definition) is 0. The molecule has 5 nitrogen and oxygen atoms in total. The van der Waals surface area contributed by atoms with Crippen molar-refractivity contribution in [1.82, 2.24) is 14.9 Å². The van der Waals surface area contributed by atoms with Gasteiger partial charge in [0, 0.05) is 50.4 Å². The molecule has 0 atom stereocenters. The highest BCUT2D eigenvalue weighted by atomic mass is 16.5. The van der Waals surface area contributed by atoms with Crippen molar-refractivity contribution < 1.29 is 9.47 Å². The molecular formula is C18H21N3O2. The van der Waals surface area contributed by atoms with Gasteiger partial charge in [0.15, 0.2) is 0 Å². The molecule has 0 saturated heterocycles. The third kappa shape index (κ3) is 3.01. The number of pyridine rings is 2. The quantitative estimate of drug-likeness (QED) is 0.868. The van der Waals surface area contributed by atoms with Crippen molar-refractivity contribution in [2.75, 3.05) is 26.8 Å². The molecule has 0 amide bonds. The first-order valence-electron chi connectivity index (χ1n) is 8.17. The molecule has 2 aromatic heterocycles. The molecule has 4 heterocycles. The lowest BCUT2D eigenvalue weighted by Gasteiger charge is -2.19. The van der Waals surface area contributed by atoms with Crippen LogP contribution in [0.2, 0.25) is 0 Å². The van der Waals surface area contributed by atoms with E-state index in [1.165, 1.54) is 16.8 Å². The van der Waals surface area contributed by atoms with E-state index in [1.807, 2.05) is 12.3 Å². The summed E-state index contributed by atoms with van der Waals surface area (Å²) in [5.74, 6) is 1.67. The second-order valence-corrected chi connectivity index (χ2v) is 6.12. The smallest absolute Gasteiger partial charge is 0.213 e. The number of aromatic nitrogens is 2. The summed E-state index contributed by atoms with van der Waals surface area (Å²) in [5, 5.41) is 0. The van der Waals surface area contributed by atoms with Crippen LogP contribution in [0.1, 0.15) is 22.5 Å². The van der Waals surface area contributed by atoms with Gasteiger partial charge in [0.1, 0.15) is 5.75 Å². The zero-order chi connectivity index (χ0) is 15.6. The minimum absolute atomic E-state index is 0.706. The highest BCUT2D eigenvalue weighted by molar-refractivity contribution is 5.34. The predicted octanol–water partition coefficient (Wildman–Crippen LogP) is 2.02. The first-order chi connectivity index (χ1) is 11.3. The van der Waals surface area contributed by atoms with Gasteiger partial charge in [-0.1, -0.05) is 6.07 Å². The van der Waals surface area contributed by atoms with Crippen LogP contribution in [0.15, 0.2) is 24.4 Å². The average Bonchev–Trinajstić information content (AvgIpc) is 2.96. The molecule has 2 aromatic rings. The average molecular weight is 311 g/mol. The summed E-state index contributed by atoms with van der Waals surface area (Å²) >= 11 is 0. The van der Waals surface area contributed by atoms with Crippen molar-refractivity contribution in [3.8, 4) is 11.6 Å². The maximum Gasteiger partial charge on any atom is 0.213 e. The Kier molecular flexibility index (Phi) is 3.87. The van der Waals surface area contributed by atoms with E-state index in [4.69, 9.17) is 9.47 Å². The molecule has 120 valence electrons. The highest BCUT2D eigenvalue weighted by Gasteiger charge is 2.18. The van der Waals surface area contributed by atoms with E-state index in [9.17, 15) is 0 Å². The van der Waals surface area contributed by atoms with Crippen LogP contribution in [0, 0.1) is 0 Å². The third-order valence-electron chi connectivity index (χ3n) is 4.60. The largest absolute Gasteiger partial charge is 0.491 e. The van der Waals surface area contributed by atoms with Crippen molar-refractivity contribution in [3.63, 3.8) is 0 Å². The molecule has 0 saturated carbocycles. The molecule has 4 rings (SSSR count). The Balaban J connectivity index is 1.45. The summed E-state index contributed by atoms with van der Waals surface area (Å²) in [5.41, 5.74) is 4.82. The Morgan fingerprint density at radius 2 is 2.09 bits per heavy atom. The van der Waals surface area contributed by atoms with E-state index in [0.717, 1.165) is 56.9 Å². The monoisotopic (exact) mass is 311 g/mol. The lowest BCUT2D eigenvalue weighted by atomic mass is 10.1. The van der Waals surface area contributed by atoms with E-state index in [2.05, 4.69) is 27.0 Å². The Hall–Kier alpha value is -2.14. The second kappa shape index (κ2) is 6.16. The van der Waals surface area contributed by atoms with Gasteiger partial charge < -0.3 is 9.47 Å². The molecule has 0 bridgehead atoms. The Morgan fingerprint density at radius 3 is 3.00 bits per heavy atom. The summed E-state index contributed by atoms with van der Waals surface area (Å²) in [6, 6.07) is 6.25. The minimum Gasteiger partial charge on any atom is -0.491 e. The van der Waals surface area contributed by atoms with Gasteiger partial charge in [-0.05, 0) is 23.6 Å². The summed E-state index contributed by atoms with van der Waals surface area (Å²) in [4.78, 5) is 11.6. The first-order valence-corrected chi connectivity index (χ1v) is 8.17. The van der Waals surface area contributed by atoms with Gasteiger partial charge >= 0.3 is 0 Å². The molecule has 0 fully saturated rings. The van der Waals surface area contributed by atoms with E-state index in [-0.39, 0.29) is 0 Å². The van der Waals surface area contributed by atoms with Crippen molar-refractivity contribution in [2.45, 2.75) is 25.8 Å². The van der Waals surface area contributed by atoms with E-state index in [0.29, 0.717) is 5.88 Å². The predicted molar refractivity (Wildman–Crippen MR) is 86.9 cm³/mol. The molecular weight excluding hydrogens is 290 g/mol. The van der Waals surface area contributed by atoms with Crippen LogP contribution in [0.25, 0.3) is 0 Å². The molecule has 23 heavy (non-hydrogen) atoms. The molecule has 0 N–H and O–H groups in total. The molecule has 0 aromatic carbocycles. The minimum atomic E-state index is 0.706. The molecule has 0 unspecified atom stereocenters. The van der Waals surface area contributed by atoms with Gasteiger partial charge in [0.05, 0.1) is 19.4 Å². The normalized spacial score (nSPS) is 17.1. The van der Waals surface area contributed by atoms with Crippen LogP contribution < -0.4 is 9.47 Å². The van der Waals surface area contributed by atoms with Crippen LogP contribution in [0.3, 0.4) is 0 Å². The van der Waals surface area contributed by atoms with E-state index in [1.54, 1.807) is 7.11 Å². The summed E-state index contributed by atoms with van der Waals surface area (Å²) in [6.45, 7) is 3.72. The van der Waals surface area contributed by atoms with Crippen molar-refractivity contribution in [2.24, 2.45) is 0 Å². The number of rotatable bonds is 3. The zero-order valence-corrected chi connectivity index (χ0v) is 13.4. The number of nitrogens with zero attached hydrogens (tertiary/aromatic N) is 3. The molecule has 0 aliphatic carbocycles. The van der Waals surface area contributed by atoms with Crippen LogP contribution in [0.5, 0.6) is 11.6 Å². The molecule has 0 radical (unpaired) electrons. The standard InChI is InChI=1S/C18H21N3O2/c1-22-18-3-2-14-4-7-21(8-5-15(14)20-18)12-13-10-17-16(19-11-13)6-9-23-17/h2-3,10-11H,4-9,12H2,1H3. The van der Waals surface area contributed by atoms with Crippen molar-refractivity contribution in [3.05, 3.63) is 46.9 Å². The number of methoxy groups -OCH3 is 1. The summed E-state index contributed by atoms with van der Waals surface area (Å²) < 4.78 is 10.9. The fraction of sp³-hybridized carbons (Fsp3) is 0.444. The van der Waals surface area contributed by atoms with E-state index < -0.39 is 0 Å². The molecule has 2 aliphatic rings. The maximum absolute atomic E-state index is 5.62. The lowest BCUT2D eigenvalue weighted by molar-refractivity contribution is 0.278. The van der Waals surface area contributed by atoms with Crippen LogP contribution in [0.4, 0.5) is 0 Å². The summed E-state index contributed by atoms with van der Waals surface area (Å²) in [6.07, 6.45) is 4.91.